The average Bonchev–Trinajstić information content (AvgIpc) is 3.89. The summed E-state index contributed by atoms with van der Waals surface area (Å²) in [6, 6.07) is 54.5. The lowest BCUT2D eigenvalue weighted by atomic mass is 10.00. The Morgan fingerprint density at radius 1 is 0.558 bits per heavy atom. The fraction of sp³-hybridized carbons (Fsp3) is 0.0652. The van der Waals surface area contributed by atoms with Crippen LogP contribution in [-0.4, -0.2) is 17.8 Å². The van der Waals surface area contributed by atoms with Gasteiger partial charge in [-0.3, -0.25) is 4.90 Å². The van der Waals surface area contributed by atoms with Crippen molar-refractivity contribution in [3.8, 4) is 11.1 Å². The number of amidine groups is 1. The van der Waals surface area contributed by atoms with E-state index in [4.69, 9.17) is 9.41 Å². The van der Waals surface area contributed by atoms with Gasteiger partial charge in [-0.25, -0.2) is 4.99 Å². The Hall–Kier alpha value is -5.79. The molecule has 3 aromatic heterocycles. The maximum absolute atomic E-state index is 6.43. The molecule has 0 bridgehead atoms. The SMILES string of the molecule is CN1C(c2ccccc2)N=C(c2ccc3oc4ccc(-c5cccc6c5sc5ccccc56)cc4c3c2)NC1c1cccc2c1sc1ccccc12. The van der Waals surface area contributed by atoms with Crippen LogP contribution in [0.2, 0.25) is 0 Å². The molecule has 0 aliphatic carbocycles. The van der Waals surface area contributed by atoms with Crippen molar-refractivity contribution in [2.24, 2.45) is 4.99 Å². The number of nitrogens with one attached hydrogen (secondary N) is 1. The van der Waals surface area contributed by atoms with Gasteiger partial charge in [0.05, 0.1) is 0 Å². The summed E-state index contributed by atoms with van der Waals surface area (Å²) < 4.78 is 11.7. The van der Waals surface area contributed by atoms with Gasteiger partial charge >= 0.3 is 0 Å². The molecule has 1 aliphatic heterocycles. The lowest BCUT2D eigenvalue weighted by Gasteiger charge is -2.39. The molecule has 6 heteroatoms. The maximum atomic E-state index is 6.43. The molecule has 0 saturated heterocycles. The van der Waals surface area contributed by atoms with Crippen molar-refractivity contribution in [2.45, 2.75) is 12.3 Å². The number of furan rings is 1. The Labute approximate surface area is 307 Å². The van der Waals surface area contributed by atoms with Crippen LogP contribution in [0.5, 0.6) is 0 Å². The average molecular weight is 706 g/mol. The van der Waals surface area contributed by atoms with Gasteiger partial charge in [0.15, 0.2) is 0 Å². The lowest BCUT2D eigenvalue weighted by molar-refractivity contribution is 0.153. The zero-order chi connectivity index (χ0) is 34.3. The van der Waals surface area contributed by atoms with E-state index in [0.29, 0.717) is 0 Å². The van der Waals surface area contributed by atoms with Crippen molar-refractivity contribution in [1.82, 2.24) is 10.2 Å². The predicted molar refractivity (Wildman–Crippen MR) is 221 cm³/mol. The number of benzene rings is 7. The largest absolute Gasteiger partial charge is 0.456 e. The Balaban J connectivity index is 1.05. The van der Waals surface area contributed by atoms with Crippen LogP contribution in [-0.2, 0) is 0 Å². The van der Waals surface area contributed by atoms with Crippen molar-refractivity contribution < 1.29 is 4.42 Å². The Kier molecular flexibility index (Phi) is 6.68. The van der Waals surface area contributed by atoms with Crippen LogP contribution in [0.25, 0.3) is 73.4 Å². The second kappa shape index (κ2) is 11.6. The lowest BCUT2D eigenvalue weighted by Crippen LogP contribution is -2.46. The van der Waals surface area contributed by atoms with Crippen LogP contribution >= 0.6 is 22.7 Å². The number of hydrogen-bond donors (Lipinski definition) is 1. The normalized spacial score (nSPS) is 16.8. The van der Waals surface area contributed by atoms with Crippen molar-refractivity contribution in [1.29, 1.82) is 0 Å². The van der Waals surface area contributed by atoms with Gasteiger partial charge < -0.3 is 9.73 Å². The molecule has 2 unspecified atom stereocenters. The fourth-order valence-corrected chi connectivity index (χ4v) is 10.5. The van der Waals surface area contributed by atoms with E-state index in [0.717, 1.165) is 38.9 Å². The molecular weight excluding hydrogens is 675 g/mol. The molecule has 10 aromatic rings. The number of aliphatic imine (C=N–C) groups is 1. The Morgan fingerprint density at radius 3 is 1.90 bits per heavy atom. The zero-order valence-electron chi connectivity index (χ0n) is 28.2. The molecule has 1 N–H and O–H groups in total. The van der Waals surface area contributed by atoms with Crippen molar-refractivity contribution >= 4 is 90.8 Å². The monoisotopic (exact) mass is 705 g/mol. The van der Waals surface area contributed by atoms with Gasteiger partial charge in [-0.05, 0) is 66.2 Å². The molecule has 248 valence electrons. The first kappa shape index (κ1) is 29.9. The summed E-state index contributed by atoms with van der Waals surface area (Å²) >= 11 is 3.73. The van der Waals surface area contributed by atoms with Crippen molar-refractivity contribution in [3.63, 3.8) is 0 Å². The summed E-state index contributed by atoms with van der Waals surface area (Å²) in [7, 11) is 2.17. The number of nitrogens with zero attached hydrogens (tertiary/aromatic N) is 2. The second-order valence-corrected chi connectivity index (χ2v) is 15.7. The number of fused-ring (bicyclic) bond motifs is 9. The maximum Gasteiger partial charge on any atom is 0.135 e. The van der Waals surface area contributed by atoms with Crippen LogP contribution in [0, 0.1) is 0 Å². The van der Waals surface area contributed by atoms with Gasteiger partial charge in [0.1, 0.15) is 29.3 Å². The van der Waals surface area contributed by atoms with E-state index in [1.54, 1.807) is 0 Å². The highest BCUT2D eigenvalue weighted by atomic mass is 32.1. The van der Waals surface area contributed by atoms with Gasteiger partial charge in [-0.1, -0.05) is 109 Å². The smallest absolute Gasteiger partial charge is 0.135 e. The minimum Gasteiger partial charge on any atom is -0.456 e. The van der Waals surface area contributed by atoms with Gasteiger partial charge in [-0.15, -0.1) is 22.7 Å². The van der Waals surface area contributed by atoms with E-state index in [1.807, 2.05) is 22.7 Å². The molecule has 0 saturated carbocycles. The highest BCUT2D eigenvalue weighted by molar-refractivity contribution is 7.26. The van der Waals surface area contributed by atoms with E-state index in [2.05, 4.69) is 169 Å². The van der Waals surface area contributed by atoms with E-state index in [1.165, 1.54) is 57.0 Å². The van der Waals surface area contributed by atoms with Gasteiger partial charge in [-0.2, -0.15) is 0 Å². The quantitative estimate of drug-likeness (QED) is 0.198. The van der Waals surface area contributed by atoms with Crippen LogP contribution in [0.4, 0.5) is 0 Å². The van der Waals surface area contributed by atoms with Gasteiger partial charge in [0.2, 0.25) is 0 Å². The molecule has 4 heterocycles. The molecule has 4 nitrogen and oxygen atoms in total. The summed E-state index contributed by atoms with van der Waals surface area (Å²) in [5, 5.41) is 11.3. The molecule has 11 rings (SSSR count). The minimum absolute atomic E-state index is 0.0975. The molecule has 0 radical (unpaired) electrons. The minimum atomic E-state index is -0.169. The van der Waals surface area contributed by atoms with E-state index >= 15 is 0 Å². The van der Waals surface area contributed by atoms with Crippen LogP contribution < -0.4 is 5.32 Å². The van der Waals surface area contributed by atoms with E-state index < -0.39 is 0 Å². The number of rotatable bonds is 4. The molecule has 0 fully saturated rings. The Bertz CT molecular complexity index is 3040. The molecule has 52 heavy (non-hydrogen) atoms. The molecule has 7 aromatic carbocycles. The summed E-state index contributed by atoms with van der Waals surface area (Å²) in [6.45, 7) is 0. The summed E-state index contributed by atoms with van der Waals surface area (Å²) in [5.74, 6) is 0.873. The van der Waals surface area contributed by atoms with Crippen LogP contribution in [0.3, 0.4) is 0 Å². The molecular formula is C46H31N3OS2. The summed E-state index contributed by atoms with van der Waals surface area (Å²) in [6.07, 6.45) is -0.267. The van der Waals surface area contributed by atoms with Crippen LogP contribution in [0.15, 0.2) is 161 Å². The summed E-state index contributed by atoms with van der Waals surface area (Å²) in [5.41, 5.74) is 7.64. The molecule has 2 atom stereocenters. The topological polar surface area (TPSA) is 40.8 Å². The highest BCUT2D eigenvalue weighted by Gasteiger charge is 2.33. The molecule has 0 amide bonds. The van der Waals surface area contributed by atoms with Crippen LogP contribution in [0.1, 0.15) is 29.0 Å². The van der Waals surface area contributed by atoms with Crippen molar-refractivity contribution in [3.05, 3.63) is 168 Å². The second-order valence-electron chi connectivity index (χ2n) is 13.6. The third-order valence-corrected chi connectivity index (χ3v) is 13.1. The third-order valence-electron chi connectivity index (χ3n) is 10.6. The van der Waals surface area contributed by atoms with E-state index in [-0.39, 0.29) is 12.3 Å². The first-order valence-corrected chi connectivity index (χ1v) is 19.2. The predicted octanol–water partition coefficient (Wildman–Crippen LogP) is 12.7. The van der Waals surface area contributed by atoms with Gasteiger partial charge in [0.25, 0.3) is 0 Å². The number of thiophene rings is 2. The van der Waals surface area contributed by atoms with E-state index in [9.17, 15) is 0 Å². The fourth-order valence-electron chi connectivity index (χ4n) is 8.06. The van der Waals surface area contributed by atoms with Gasteiger partial charge in [0, 0.05) is 62.2 Å². The summed E-state index contributed by atoms with van der Waals surface area (Å²) in [4.78, 5) is 7.75. The first-order chi connectivity index (χ1) is 25.7. The van der Waals surface area contributed by atoms with Crippen molar-refractivity contribution in [2.75, 3.05) is 7.05 Å². The number of hydrogen-bond acceptors (Lipinski definition) is 6. The highest BCUT2D eigenvalue weighted by Crippen LogP contribution is 2.43. The molecule has 1 aliphatic rings. The zero-order valence-corrected chi connectivity index (χ0v) is 29.8. The standard InChI is InChI=1S/C46H31N3OS2/c1-49-45(27-11-3-2-4-12-27)47-44(48-46(49)35-18-10-17-34-32-14-6-8-20-41(32)52-43(34)35)29-22-24-39-37(26-29)36-25-28(21-23-38(36)50-39)30-15-9-16-33-31-13-5-7-19-40(31)51-42(30)33/h2-26,45-46H,1H3,(H,47,48). The third kappa shape index (κ3) is 4.58. The Morgan fingerprint density at radius 2 is 1.15 bits per heavy atom. The first-order valence-electron chi connectivity index (χ1n) is 17.6. The molecule has 0 spiro atoms.